The van der Waals surface area contributed by atoms with Crippen LogP contribution in [0.5, 0.6) is 0 Å². The molecule has 3 rings (SSSR count). The summed E-state index contributed by atoms with van der Waals surface area (Å²) in [5.74, 6) is -3.63. The fourth-order valence-electron chi connectivity index (χ4n) is 3.10. The summed E-state index contributed by atoms with van der Waals surface area (Å²) in [6.07, 6.45) is 0.910. The summed E-state index contributed by atoms with van der Waals surface area (Å²) in [6.45, 7) is 5.74. The minimum Gasteiger partial charge on any atom is -0.297 e. The molecule has 0 N–H and O–H groups in total. The van der Waals surface area contributed by atoms with E-state index in [0.717, 1.165) is 37.0 Å². The SMILES string of the molecule is Cc1cc(C)n([C@H]2CCN(Cc3ccc(F)c(F)c3F)C2)n1. The molecule has 1 saturated heterocycles. The first-order valence-electron chi connectivity index (χ1n) is 7.33. The molecular weight excluding hydrogens is 291 g/mol. The number of hydrogen-bond donors (Lipinski definition) is 0. The van der Waals surface area contributed by atoms with Crippen LogP contribution in [0.2, 0.25) is 0 Å². The first-order chi connectivity index (χ1) is 10.5. The van der Waals surface area contributed by atoms with Gasteiger partial charge in [-0.2, -0.15) is 5.10 Å². The molecule has 6 heteroatoms. The number of halogens is 3. The summed E-state index contributed by atoms with van der Waals surface area (Å²) in [6, 6.07) is 4.55. The van der Waals surface area contributed by atoms with Gasteiger partial charge in [0.25, 0.3) is 0 Å². The van der Waals surface area contributed by atoms with E-state index in [1.54, 1.807) is 0 Å². The zero-order chi connectivity index (χ0) is 15.9. The molecule has 1 aliphatic rings. The van der Waals surface area contributed by atoms with Gasteiger partial charge >= 0.3 is 0 Å². The van der Waals surface area contributed by atoms with Crippen molar-refractivity contribution in [1.82, 2.24) is 14.7 Å². The summed E-state index contributed by atoms with van der Waals surface area (Å²) in [4.78, 5) is 2.04. The first-order valence-corrected chi connectivity index (χ1v) is 7.33. The van der Waals surface area contributed by atoms with Crippen molar-refractivity contribution in [3.8, 4) is 0 Å². The fourth-order valence-corrected chi connectivity index (χ4v) is 3.10. The Bertz CT molecular complexity index is 696. The monoisotopic (exact) mass is 309 g/mol. The third-order valence-electron chi connectivity index (χ3n) is 4.15. The molecular formula is C16H18F3N3. The molecule has 3 nitrogen and oxygen atoms in total. The van der Waals surface area contributed by atoms with E-state index >= 15 is 0 Å². The van der Waals surface area contributed by atoms with Crippen LogP contribution in [0.1, 0.15) is 29.4 Å². The highest BCUT2D eigenvalue weighted by atomic mass is 19.2. The van der Waals surface area contributed by atoms with Crippen molar-refractivity contribution in [2.24, 2.45) is 0 Å². The summed E-state index contributed by atoms with van der Waals surface area (Å²) in [7, 11) is 0. The fraction of sp³-hybridized carbons (Fsp3) is 0.438. The molecule has 0 spiro atoms. The van der Waals surface area contributed by atoms with Crippen molar-refractivity contribution >= 4 is 0 Å². The molecule has 22 heavy (non-hydrogen) atoms. The van der Waals surface area contributed by atoms with E-state index in [0.29, 0.717) is 0 Å². The number of benzene rings is 1. The lowest BCUT2D eigenvalue weighted by Gasteiger charge is -2.17. The minimum absolute atomic E-state index is 0.188. The predicted octanol–water partition coefficient (Wildman–Crippen LogP) is 3.36. The van der Waals surface area contributed by atoms with E-state index in [-0.39, 0.29) is 18.2 Å². The van der Waals surface area contributed by atoms with Crippen molar-refractivity contribution in [2.45, 2.75) is 32.9 Å². The summed E-state index contributed by atoms with van der Waals surface area (Å²) < 4.78 is 42.0. The van der Waals surface area contributed by atoms with Crippen LogP contribution in [0, 0.1) is 31.3 Å². The van der Waals surface area contributed by atoms with Gasteiger partial charge in [0.1, 0.15) is 0 Å². The zero-order valence-electron chi connectivity index (χ0n) is 12.6. The average Bonchev–Trinajstić information content (AvgIpc) is 3.06. The lowest BCUT2D eigenvalue weighted by Crippen LogP contribution is -2.23. The van der Waals surface area contributed by atoms with Gasteiger partial charge in [0.05, 0.1) is 11.7 Å². The highest BCUT2D eigenvalue weighted by molar-refractivity contribution is 5.20. The second kappa shape index (κ2) is 5.76. The number of aryl methyl sites for hydroxylation is 2. The van der Waals surface area contributed by atoms with Gasteiger partial charge in [-0.3, -0.25) is 9.58 Å². The van der Waals surface area contributed by atoms with E-state index in [1.807, 2.05) is 29.5 Å². The molecule has 2 aromatic rings. The Morgan fingerprint density at radius 1 is 1.18 bits per heavy atom. The molecule has 1 atom stereocenters. The number of nitrogens with zero attached hydrogens (tertiary/aromatic N) is 3. The van der Waals surface area contributed by atoms with Gasteiger partial charge in [0.2, 0.25) is 0 Å². The number of rotatable bonds is 3. The van der Waals surface area contributed by atoms with Gasteiger partial charge in [-0.15, -0.1) is 0 Å². The van der Waals surface area contributed by atoms with Crippen molar-refractivity contribution in [2.75, 3.05) is 13.1 Å². The second-order valence-corrected chi connectivity index (χ2v) is 5.88. The highest BCUT2D eigenvalue weighted by Gasteiger charge is 2.26. The number of hydrogen-bond acceptors (Lipinski definition) is 2. The maximum Gasteiger partial charge on any atom is 0.194 e. The van der Waals surface area contributed by atoms with Crippen LogP contribution < -0.4 is 0 Å². The lowest BCUT2D eigenvalue weighted by molar-refractivity contribution is 0.302. The Balaban J connectivity index is 1.71. The summed E-state index contributed by atoms with van der Waals surface area (Å²) >= 11 is 0. The predicted molar refractivity (Wildman–Crippen MR) is 76.9 cm³/mol. The highest BCUT2D eigenvalue weighted by Crippen LogP contribution is 2.25. The number of aromatic nitrogens is 2. The smallest absolute Gasteiger partial charge is 0.194 e. The maximum atomic E-state index is 13.7. The van der Waals surface area contributed by atoms with Crippen LogP contribution >= 0.6 is 0 Å². The topological polar surface area (TPSA) is 21.1 Å². The summed E-state index contributed by atoms with van der Waals surface area (Å²) in [5.41, 5.74) is 2.26. The van der Waals surface area contributed by atoms with Crippen LogP contribution in [-0.2, 0) is 6.54 Å². The van der Waals surface area contributed by atoms with Crippen LogP contribution in [0.15, 0.2) is 18.2 Å². The van der Waals surface area contributed by atoms with Crippen LogP contribution in [0.25, 0.3) is 0 Å². The van der Waals surface area contributed by atoms with Crippen molar-refractivity contribution in [3.05, 3.63) is 52.6 Å². The van der Waals surface area contributed by atoms with Gasteiger partial charge in [0.15, 0.2) is 17.5 Å². The van der Waals surface area contributed by atoms with Crippen LogP contribution in [0.4, 0.5) is 13.2 Å². The van der Waals surface area contributed by atoms with Gasteiger partial charge in [-0.1, -0.05) is 6.07 Å². The molecule has 0 bridgehead atoms. The Hall–Kier alpha value is -1.82. The third-order valence-corrected chi connectivity index (χ3v) is 4.15. The molecule has 1 aromatic heterocycles. The molecule has 2 heterocycles. The largest absolute Gasteiger partial charge is 0.297 e. The first kappa shape index (κ1) is 15.1. The van der Waals surface area contributed by atoms with E-state index in [4.69, 9.17) is 0 Å². The molecule has 0 aliphatic carbocycles. The molecule has 0 amide bonds. The maximum absolute atomic E-state index is 13.7. The van der Waals surface area contributed by atoms with Crippen LogP contribution in [-0.4, -0.2) is 27.8 Å². The molecule has 0 radical (unpaired) electrons. The van der Waals surface area contributed by atoms with Crippen molar-refractivity contribution in [3.63, 3.8) is 0 Å². The molecule has 1 aromatic carbocycles. The van der Waals surface area contributed by atoms with Gasteiger partial charge < -0.3 is 0 Å². The van der Waals surface area contributed by atoms with Gasteiger partial charge in [0, 0.05) is 30.9 Å². The van der Waals surface area contributed by atoms with Gasteiger partial charge in [-0.05, 0) is 32.4 Å². The van der Waals surface area contributed by atoms with E-state index in [9.17, 15) is 13.2 Å². The van der Waals surface area contributed by atoms with Crippen LogP contribution in [0.3, 0.4) is 0 Å². The quantitative estimate of drug-likeness (QED) is 0.811. The molecule has 0 saturated carbocycles. The zero-order valence-corrected chi connectivity index (χ0v) is 12.6. The second-order valence-electron chi connectivity index (χ2n) is 5.88. The van der Waals surface area contributed by atoms with E-state index < -0.39 is 17.5 Å². The average molecular weight is 309 g/mol. The Kier molecular flexibility index (Phi) is 3.95. The van der Waals surface area contributed by atoms with E-state index in [1.165, 1.54) is 6.07 Å². The minimum atomic E-state index is -1.40. The molecule has 0 unspecified atom stereocenters. The molecule has 1 aliphatic heterocycles. The molecule has 118 valence electrons. The Morgan fingerprint density at radius 3 is 2.64 bits per heavy atom. The third kappa shape index (κ3) is 2.75. The number of likely N-dealkylation sites (tertiary alicyclic amines) is 1. The standard InChI is InChI=1S/C16H18F3N3/c1-10-7-11(2)22(20-10)13-5-6-21(9-13)8-12-3-4-14(17)16(19)15(12)18/h3-4,7,13H,5-6,8-9H2,1-2H3/t13-/m0/s1. The van der Waals surface area contributed by atoms with Gasteiger partial charge in [-0.25, -0.2) is 13.2 Å². The van der Waals surface area contributed by atoms with Crippen molar-refractivity contribution < 1.29 is 13.2 Å². The van der Waals surface area contributed by atoms with E-state index in [2.05, 4.69) is 5.10 Å². The van der Waals surface area contributed by atoms with Crippen molar-refractivity contribution in [1.29, 1.82) is 0 Å². The Morgan fingerprint density at radius 2 is 1.95 bits per heavy atom. The lowest BCUT2D eigenvalue weighted by atomic mass is 10.2. The molecule has 1 fully saturated rings. The summed E-state index contributed by atoms with van der Waals surface area (Å²) in [5, 5.41) is 4.48. The normalized spacial score (nSPS) is 19.0. The Labute approximate surface area is 127 Å².